The van der Waals surface area contributed by atoms with Crippen molar-refractivity contribution in [1.29, 1.82) is 0 Å². The Kier molecular flexibility index (Phi) is 4.38. The minimum atomic E-state index is 0.0911. The molecule has 0 spiro atoms. The molecule has 0 bridgehead atoms. The highest BCUT2D eigenvalue weighted by atomic mass is 79.9. The van der Waals surface area contributed by atoms with Gasteiger partial charge in [-0.15, -0.1) is 0 Å². The second kappa shape index (κ2) is 6.02. The van der Waals surface area contributed by atoms with Crippen LogP contribution in [0.4, 0.5) is 5.69 Å². The van der Waals surface area contributed by atoms with E-state index in [-0.39, 0.29) is 5.78 Å². The zero-order valence-electron chi connectivity index (χ0n) is 11.0. The normalized spacial score (nSPS) is 10.3. The van der Waals surface area contributed by atoms with Gasteiger partial charge in [-0.25, -0.2) is 0 Å². The Hall–Kier alpha value is -1.61. The predicted octanol–water partition coefficient (Wildman–Crippen LogP) is 4.36. The predicted molar refractivity (Wildman–Crippen MR) is 82.9 cm³/mol. The van der Waals surface area contributed by atoms with E-state index in [0.717, 1.165) is 15.7 Å². The van der Waals surface area contributed by atoms with Crippen molar-refractivity contribution in [2.45, 2.75) is 13.8 Å². The van der Waals surface area contributed by atoms with Gasteiger partial charge in [-0.3, -0.25) is 4.79 Å². The van der Waals surface area contributed by atoms with Crippen LogP contribution in [0.3, 0.4) is 0 Å². The monoisotopic (exact) mass is 317 g/mol. The molecule has 0 radical (unpaired) electrons. The van der Waals surface area contributed by atoms with Crippen molar-refractivity contribution < 1.29 is 4.79 Å². The molecule has 2 aromatic rings. The van der Waals surface area contributed by atoms with Crippen molar-refractivity contribution >= 4 is 27.4 Å². The third kappa shape index (κ3) is 3.44. The van der Waals surface area contributed by atoms with Gasteiger partial charge in [0, 0.05) is 15.7 Å². The van der Waals surface area contributed by atoms with Crippen LogP contribution in [-0.2, 0) is 0 Å². The molecule has 0 aliphatic carbocycles. The van der Waals surface area contributed by atoms with Crippen LogP contribution in [0.5, 0.6) is 0 Å². The number of aryl methyl sites for hydroxylation is 1. The van der Waals surface area contributed by atoms with Crippen molar-refractivity contribution in [3.63, 3.8) is 0 Å². The lowest BCUT2D eigenvalue weighted by molar-refractivity contribution is 0.101. The number of carbonyl (C=O) groups excluding carboxylic acids is 1. The molecule has 0 saturated carbocycles. The number of carbonyl (C=O) groups is 1. The lowest BCUT2D eigenvalue weighted by Crippen LogP contribution is -2.14. The van der Waals surface area contributed by atoms with Crippen molar-refractivity contribution in [1.82, 2.24) is 0 Å². The Labute approximate surface area is 122 Å². The third-order valence-corrected chi connectivity index (χ3v) is 3.74. The van der Waals surface area contributed by atoms with Gasteiger partial charge in [-0.05, 0) is 43.2 Å². The third-order valence-electron chi connectivity index (χ3n) is 3.21. The molecule has 0 fully saturated rings. The molecule has 0 atom stereocenters. The van der Waals surface area contributed by atoms with Gasteiger partial charge in [0.2, 0.25) is 0 Å². The summed E-state index contributed by atoms with van der Waals surface area (Å²) in [7, 11) is 0. The van der Waals surface area contributed by atoms with Crippen LogP contribution < -0.4 is 5.32 Å². The number of halogens is 1. The van der Waals surface area contributed by atoms with Gasteiger partial charge in [0.05, 0.1) is 6.54 Å². The lowest BCUT2D eigenvalue weighted by Gasteiger charge is -2.10. The Balaban J connectivity index is 2.04. The number of benzene rings is 2. The van der Waals surface area contributed by atoms with Gasteiger partial charge in [0.25, 0.3) is 0 Å². The number of ketones is 1. The summed E-state index contributed by atoms with van der Waals surface area (Å²) in [6.45, 7) is 4.44. The summed E-state index contributed by atoms with van der Waals surface area (Å²) in [5.41, 5.74) is 4.15. The zero-order chi connectivity index (χ0) is 13.8. The molecule has 98 valence electrons. The average Bonchev–Trinajstić information content (AvgIpc) is 2.41. The summed E-state index contributed by atoms with van der Waals surface area (Å²) in [6.07, 6.45) is 0. The number of hydrogen-bond donors (Lipinski definition) is 1. The molecule has 1 N–H and O–H groups in total. The molecule has 2 aromatic carbocycles. The Morgan fingerprint density at radius 1 is 1.11 bits per heavy atom. The molecule has 19 heavy (non-hydrogen) atoms. The molecule has 0 aliphatic rings. The van der Waals surface area contributed by atoms with Crippen molar-refractivity contribution in [2.24, 2.45) is 0 Å². The zero-order valence-corrected chi connectivity index (χ0v) is 12.6. The van der Waals surface area contributed by atoms with E-state index in [9.17, 15) is 4.79 Å². The van der Waals surface area contributed by atoms with Gasteiger partial charge in [0.1, 0.15) is 0 Å². The fraction of sp³-hybridized carbons (Fsp3) is 0.188. The van der Waals surface area contributed by atoms with E-state index >= 15 is 0 Å². The van der Waals surface area contributed by atoms with Crippen molar-refractivity contribution in [3.05, 3.63) is 63.6 Å². The number of anilines is 1. The first-order chi connectivity index (χ1) is 9.08. The summed E-state index contributed by atoms with van der Waals surface area (Å²) in [5, 5.41) is 3.21. The minimum absolute atomic E-state index is 0.0911. The minimum Gasteiger partial charge on any atom is -0.377 e. The molecule has 0 aromatic heterocycles. The van der Waals surface area contributed by atoms with Crippen molar-refractivity contribution in [3.8, 4) is 0 Å². The average molecular weight is 318 g/mol. The summed E-state index contributed by atoms with van der Waals surface area (Å²) in [6, 6.07) is 13.5. The molecule has 3 heteroatoms. The molecule has 0 saturated heterocycles. The highest BCUT2D eigenvalue weighted by Gasteiger charge is 2.06. The topological polar surface area (TPSA) is 29.1 Å². The Morgan fingerprint density at radius 3 is 2.47 bits per heavy atom. The molecule has 0 aliphatic heterocycles. The van der Waals surface area contributed by atoms with Crippen LogP contribution in [0, 0.1) is 13.8 Å². The number of rotatable bonds is 4. The maximum atomic E-state index is 12.0. The molecule has 0 heterocycles. The first kappa shape index (κ1) is 13.8. The van der Waals surface area contributed by atoms with Crippen LogP contribution in [0.25, 0.3) is 0 Å². The quantitative estimate of drug-likeness (QED) is 0.849. The summed E-state index contributed by atoms with van der Waals surface area (Å²) in [4.78, 5) is 12.0. The number of hydrogen-bond acceptors (Lipinski definition) is 2. The fourth-order valence-corrected chi connectivity index (χ4v) is 2.12. The highest BCUT2D eigenvalue weighted by Crippen LogP contribution is 2.18. The molecule has 2 nitrogen and oxygen atoms in total. The van der Waals surface area contributed by atoms with E-state index in [4.69, 9.17) is 0 Å². The Morgan fingerprint density at radius 2 is 1.79 bits per heavy atom. The van der Waals surface area contributed by atoms with Crippen LogP contribution in [0.2, 0.25) is 0 Å². The fourth-order valence-electron chi connectivity index (χ4n) is 1.86. The van der Waals surface area contributed by atoms with E-state index < -0.39 is 0 Å². The number of Topliss-reactive ketones (excluding diaryl/α,β-unsaturated/α-hetero) is 1. The maximum absolute atomic E-state index is 12.0. The van der Waals surface area contributed by atoms with Crippen LogP contribution in [0.15, 0.2) is 46.9 Å². The van der Waals surface area contributed by atoms with Gasteiger partial charge in [-0.2, -0.15) is 0 Å². The SMILES string of the molecule is Cc1cccc(NCC(=O)c2ccc(Br)cc2)c1C. The highest BCUT2D eigenvalue weighted by molar-refractivity contribution is 9.10. The molecule has 0 amide bonds. The van der Waals surface area contributed by atoms with E-state index in [1.54, 1.807) is 0 Å². The van der Waals surface area contributed by atoms with Crippen LogP contribution >= 0.6 is 15.9 Å². The van der Waals surface area contributed by atoms with Crippen LogP contribution in [0.1, 0.15) is 21.5 Å². The van der Waals surface area contributed by atoms with E-state index in [1.807, 2.05) is 36.4 Å². The first-order valence-electron chi connectivity index (χ1n) is 6.17. The first-order valence-corrected chi connectivity index (χ1v) is 6.96. The van der Waals surface area contributed by atoms with E-state index in [1.165, 1.54) is 11.1 Å². The Bertz CT molecular complexity index is 590. The van der Waals surface area contributed by atoms with Gasteiger partial charge >= 0.3 is 0 Å². The lowest BCUT2D eigenvalue weighted by atomic mass is 10.1. The van der Waals surface area contributed by atoms with Gasteiger partial charge < -0.3 is 5.32 Å². The van der Waals surface area contributed by atoms with E-state index in [2.05, 4.69) is 41.2 Å². The molecule has 2 rings (SSSR count). The second-order valence-corrected chi connectivity index (χ2v) is 5.45. The van der Waals surface area contributed by atoms with Gasteiger partial charge in [-0.1, -0.05) is 40.2 Å². The smallest absolute Gasteiger partial charge is 0.181 e. The van der Waals surface area contributed by atoms with E-state index in [0.29, 0.717) is 6.54 Å². The summed E-state index contributed by atoms with van der Waals surface area (Å²) < 4.78 is 0.978. The second-order valence-electron chi connectivity index (χ2n) is 4.53. The van der Waals surface area contributed by atoms with Gasteiger partial charge in [0.15, 0.2) is 5.78 Å². The summed E-state index contributed by atoms with van der Waals surface area (Å²) >= 11 is 3.36. The van der Waals surface area contributed by atoms with Crippen LogP contribution in [-0.4, -0.2) is 12.3 Å². The molecular weight excluding hydrogens is 302 g/mol. The largest absolute Gasteiger partial charge is 0.377 e. The number of nitrogens with one attached hydrogen (secondary N) is 1. The standard InChI is InChI=1S/C16H16BrNO/c1-11-4-3-5-15(12(11)2)18-10-16(19)13-6-8-14(17)9-7-13/h3-9,18H,10H2,1-2H3. The maximum Gasteiger partial charge on any atom is 0.181 e. The molecule has 0 unspecified atom stereocenters. The van der Waals surface area contributed by atoms with Crippen molar-refractivity contribution in [2.75, 3.05) is 11.9 Å². The summed E-state index contributed by atoms with van der Waals surface area (Å²) in [5.74, 6) is 0.0911. The molecular formula is C16H16BrNO.